The van der Waals surface area contributed by atoms with Crippen LogP contribution in [-0.2, 0) is 14.3 Å². The first-order valence-corrected chi connectivity index (χ1v) is 9.65. The van der Waals surface area contributed by atoms with Gasteiger partial charge in [-0.15, -0.1) is 0 Å². The van der Waals surface area contributed by atoms with E-state index in [0.717, 1.165) is 25.7 Å². The van der Waals surface area contributed by atoms with Gasteiger partial charge in [0.2, 0.25) is 0 Å². The summed E-state index contributed by atoms with van der Waals surface area (Å²) >= 11 is 0. The van der Waals surface area contributed by atoms with E-state index >= 15 is 0 Å². The summed E-state index contributed by atoms with van der Waals surface area (Å²) in [5.74, 6) is -0.236. The fourth-order valence-corrected chi connectivity index (χ4v) is 3.08. The summed E-state index contributed by atoms with van der Waals surface area (Å²) in [6.07, 6.45) is 6.69. The number of hydrogen-bond acceptors (Lipinski definition) is 6. The number of urea groups is 1. The molecule has 1 saturated carbocycles. The summed E-state index contributed by atoms with van der Waals surface area (Å²) in [6.45, 7) is 1.40. The third-order valence-corrected chi connectivity index (χ3v) is 4.68. The van der Waals surface area contributed by atoms with E-state index in [1.165, 1.54) is 39.7 Å². The smallest absolute Gasteiger partial charge is 0.331 e. The Balaban J connectivity index is 1.85. The van der Waals surface area contributed by atoms with Gasteiger partial charge in [-0.25, -0.2) is 9.59 Å². The average molecular weight is 404 g/mol. The first-order valence-electron chi connectivity index (χ1n) is 9.65. The second-order valence-electron chi connectivity index (χ2n) is 6.82. The number of carbonyl (C=O) groups is 3. The van der Waals surface area contributed by atoms with Crippen LogP contribution in [0.15, 0.2) is 24.3 Å². The van der Waals surface area contributed by atoms with Crippen LogP contribution in [0.1, 0.15) is 44.6 Å². The molecule has 0 heterocycles. The summed E-state index contributed by atoms with van der Waals surface area (Å²) in [5.41, 5.74) is 0.618. The van der Waals surface area contributed by atoms with Crippen LogP contribution < -0.4 is 20.1 Å². The Morgan fingerprint density at radius 3 is 2.48 bits per heavy atom. The molecule has 1 fully saturated rings. The van der Waals surface area contributed by atoms with Gasteiger partial charge in [0.15, 0.2) is 6.10 Å². The van der Waals surface area contributed by atoms with Crippen molar-refractivity contribution in [3.63, 3.8) is 0 Å². The highest BCUT2D eigenvalue weighted by molar-refractivity contribution is 5.98. The van der Waals surface area contributed by atoms with Gasteiger partial charge in [-0.3, -0.25) is 10.1 Å². The molecule has 0 bridgehead atoms. The first-order chi connectivity index (χ1) is 13.9. The second-order valence-corrected chi connectivity index (χ2v) is 6.82. The van der Waals surface area contributed by atoms with Gasteiger partial charge in [-0.05, 0) is 44.0 Å². The van der Waals surface area contributed by atoms with E-state index in [2.05, 4.69) is 10.6 Å². The van der Waals surface area contributed by atoms with Gasteiger partial charge >= 0.3 is 12.0 Å². The SMILES string of the molecule is COc1ccc(OC)c(/C=C/C(=O)O[C@@H](C)C(=O)NC(=O)NC2CCCCC2)c1. The highest BCUT2D eigenvalue weighted by atomic mass is 16.5. The number of carbonyl (C=O) groups excluding carboxylic acids is 3. The van der Waals surface area contributed by atoms with Crippen molar-refractivity contribution in [3.8, 4) is 11.5 Å². The van der Waals surface area contributed by atoms with Crippen molar-refractivity contribution in [3.05, 3.63) is 29.8 Å². The molecule has 0 saturated heterocycles. The van der Waals surface area contributed by atoms with Crippen molar-refractivity contribution in [2.45, 2.75) is 51.2 Å². The van der Waals surface area contributed by atoms with Crippen LogP contribution in [0, 0.1) is 0 Å². The van der Waals surface area contributed by atoms with Crippen molar-refractivity contribution >= 4 is 24.0 Å². The molecule has 0 aromatic heterocycles. The van der Waals surface area contributed by atoms with E-state index in [1.807, 2.05) is 0 Å². The highest BCUT2D eigenvalue weighted by Gasteiger charge is 2.21. The number of ether oxygens (including phenoxy) is 3. The molecule has 1 aliphatic carbocycles. The molecule has 1 aromatic rings. The van der Waals surface area contributed by atoms with Crippen LogP contribution in [0.5, 0.6) is 11.5 Å². The fourth-order valence-electron chi connectivity index (χ4n) is 3.08. The van der Waals surface area contributed by atoms with Crippen molar-refractivity contribution in [1.29, 1.82) is 0 Å². The molecule has 8 heteroatoms. The zero-order valence-electron chi connectivity index (χ0n) is 17.0. The van der Waals surface area contributed by atoms with Gasteiger partial charge < -0.3 is 19.5 Å². The van der Waals surface area contributed by atoms with Gasteiger partial charge in [-0.1, -0.05) is 19.3 Å². The summed E-state index contributed by atoms with van der Waals surface area (Å²) in [6, 6.07) is 4.66. The number of nitrogens with one attached hydrogen (secondary N) is 2. The summed E-state index contributed by atoms with van der Waals surface area (Å²) in [5, 5.41) is 4.99. The van der Waals surface area contributed by atoms with Gasteiger partial charge in [0, 0.05) is 17.7 Å². The van der Waals surface area contributed by atoms with Crippen LogP contribution >= 0.6 is 0 Å². The first kappa shape index (κ1) is 22.3. The van der Waals surface area contributed by atoms with Crippen molar-refractivity contribution in [2.24, 2.45) is 0 Å². The Morgan fingerprint density at radius 1 is 1.10 bits per heavy atom. The lowest BCUT2D eigenvalue weighted by Gasteiger charge is -2.23. The number of methoxy groups -OCH3 is 2. The third kappa shape index (κ3) is 7.14. The van der Waals surface area contributed by atoms with Crippen LogP contribution in [0.2, 0.25) is 0 Å². The minimum atomic E-state index is -1.11. The summed E-state index contributed by atoms with van der Waals surface area (Å²) in [4.78, 5) is 36.0. The van der Waals surface area contributed by atoms with E-state index in [4.69, 9.17) is 14.2 Å². The van der Waals surface area contributed by atoms with Gasteiger partial charge in [0.05, 0.1) is 14.2 Å². The van der Waals surface area contributed by atoms with E-state index in [0.29, 0.717) is 17.1 Å². The Labute approximate surface area is 170 Å². The van der Waals surface area contributed by atoms with E-state index < -0.39 is 24.0 Å². The normalized spacial score (nSPS) is 15.4. The quantitative estimate of drug-likeness (QED) is 0.535. The molecule has 158 valence electrons. The molecule has 8 nitrogen and oxygen atoms in total. The molecule has 1 aliphatic rings. The Morgan fingerprint density at radius 2 is 1.83 bits per heavy atom. The molecule has 0 aliphatic heterocycles. The van der Waals surface area contributed by atoms with Crippen molar-refractivity contribution < 1.29 is 28.6 Å². The van der Waals surface area contributed by atoms with Crippen LogP contribution in [0.4, 0.5) is 4.79 Å². The van der Waals surface area contributed by atoms with Gasteiger partial charge in [0.25, 0.3) is 5.91 Å². The van der Waals surface area contributed by atoms with Gasteiger partial charge in [-0.2, -0.15) is 0 Å². The maximum absolute atomic E-state index is 12.1. The predicted molar refractivity (Wildman–Crippen MR) is 108 cm³/mol. The molecule has 1 atom stereocenters. The van der Waals surface area contributed by atoms with Crippen molar-refractivity contribution in [1.82, 2.24) is 10.6 Å². The van der Waals surface area contributed by atoms with E-state index in [9.17, 15) is 14.4 Å². The number of amides is 3. The topological polar surface area (TPSA) is 103 Å². The molecule has 0 spiro atoms. The summed E-state index contributed by atoms with van der Waals surface area (Å²) < 4.78 is 15.5. The minimum Gasteiger partial charge on any atom is -0.497 e. The molecule has 0 unspecified atom stereocenters. The third-order valence-electron chi connectivity index (χ3n) is 4.68. The number of esters is 1. The molecule has 1 aromatic carbocycles. The fraction of sp³-hybridized carbons (Fsp3) is 0.476. The maximum Gasteiger partial charge on any atom is 0.331 e. The maximum atomic E-state index is 12.1. The number of benzene rings is 1. The zero-order chi connectivity index (χ0) is 21.2. The lowest BCUT2D eigenvalue weighted by atomic mass is 9.96. The standard InChI is InChI=1S/C21H28N2O6/c1-14(20(25)23-21(26)22-16-7-5-4-6-8-16)29-19(24)12-9-15-13-17(27-2)10-11-18(15)28-3/h9-14,16H,4-8H2,1-3H3,(H2,22,23,25,26)/b12-9+/t14-/m0/s1. The molecular formula is C21H28N2O6. The minimum absolute atomic E-state index is 0.0789. The van der Waals surface area contributed by atoms with Crippen LogP contribution in [0.25, 0.3) is 6.08 Å². The van der Waals surface area contributed by atoms with Crippen LogP contribution in [-0.4, -0.2) is 44.3 Å². The molecule has 2 N–H and O–H groups in total. The predicted octanol–water partition coefficient (Wildman–Crippen LogP) is 2.81. The molecule has 29 heavy (non-hydrogen) atoms. The largest absolute Gasteiger partial charge is 0.497 e. The number of hydrogen-bond donors (Lipinski definition) is 2. The summed E-state index contributed by atoms with van der Waals surface area (Å²) in [7, 11) is 3.05. The van der Waals surface area contributed by atoms with Crippen LogP contribution in [0.3, 0.4) is 0 Å². The van der Waals surface area contributed by atoms with Gasteiger partial charge in [0.1, 0.15) is 11.5 Å². The number of imide groups is 1. The Kier molecular flexibility index (Phi) is 8.51. The molecule has 2 rings (SSSR count). The highest BCUT2D eigenvalue weighted by Crippen LogP contribution is 2.25. The average Bonchev–Trinajstić information content (AvgIpc) is 2.72. The second kappa shape index (κ2) is 11.1. The number of rotatable bonds is 7. The van der Waals surface area contributed by atoms with E-state index in [-0.39, 0.29) is 6.04 Å². The monoisotopic (exact) mass is 404 g/mol. The lowest BCUT2D eigenvalue weighted by Crippen LogP contribution is -2.48. The Bertz CT molecular complexity index is 756. The molecule has 0 radical (unpaired) electrons. The zero-order valence-corrected chi connectivity index (χ0v) is 17.0. The van der Waals surface area contributed by atoms with E-state index in [1.54, 1.807) is 18.2 Å². The Hall–Kier alpha value is -3.03. The molecular weight excluding hydrogens is 376 g/mol. The van der Waals surface area contributed by atoms with Crippen molar-refractivity contribution in [2.75, 3.05) is 14.2 Å². The lowest BCUT2D eigenvalue weighted by molar-refractivity contribution is -0.149. The molecule has 3 amide bonds.